The van der Waals surface area contributed by atoms with E-state index in [-0.39, 0.29) is 23.2 Å². The Labute approximate surface area is 216 Å². The molecule has 1 aliphatic rings. The second kappa shape index (κ2) is 13.7. The Morgan fingerprint density at radius 1 is 1.22 bits per heavy atom. The molecule has 5 N–H and O–H groups in total. The van der Waals surface area contributed by atoms with Crippen LogP contribution in [0.4, 0.5) is 0 Å². The summed E-state index contributed by atoms with van der Waals surface area (Å²) in [6.07, 6.45) is 3.38. The van der Waals surface area contributed by atoms with E-state index < -0.39 is 22.0 Å². The molecule has 198 valence electrons. The van der Waals surface area contributed by atoms with Gasteiger partial charge in [0.25, 0.3) is 5.91 Å². The molecular weight excluding hydrogens is 496 g/mol. The quantitative estimate of drug-likeness (QED) is 0.0973. The molecule has 3 rings (SSSR count). The van der Waals surface area contributed by atoms with Crippen LogP contribution in [0.1, 0.15) is 26.2 Å². The van der Waals surface area contributed by atoms with Crippen molar-refractivity contribution >= 4 is 21.8 Å². The van der Waals surface area contributed by atoms with Crippen LogP contribution in [0.15, 0.2) is 64.5 Å². The van der Waals surface area contributed by atoms with Crippen molar-refractivity contribution in [2.75, 3.05) is 19.6 Å². The lowest BCUT2D eigenvalue weighted by Crippen LogP contribution is -2.51. The van der Waals surface area contributed by atoms with Gasteiger partial charge in [0.2, 0.25) is 16.2 Å². The first-order chi connectivity index (χ1) is 17.9. The highest BCUT2D eigenvalue weighted by molar-refractivity contribution is 7.89. The topological polar surface area (TPSA) is 165 Å². The predicted molar refractivity (Wildman–Crippen MR) is 137 cm³/mol. The number of nitrogens with one attached hydrogen (secondary N) is 4. The molecule has 0 bridgehead atoms. The highest BCUT2D eigenvalue weighted by Crippen LogP contribution is 2.27. The molecule has 0 saturated carbocycles. The Morgan fingerprint density at radius 2 is 1.92 bits per heavy atom. The third-order valence-electron chi connectivity index (χ3n) is 6.08. The molecule has 1 saturated heterocycles. The van der Waals surface area contributed by atoms with Crippen LogP contribution in [-0.4, -0.2) is 51.0 Å². The maximum atomic E-state index is 13.1. The summed E-state index contributed by atoms with van der Waals surface area (Å²) in [6.45, 7) is 3.80. The first-order valence-corrected chi connectivity index (χ1v) is 13.6. The van der Waals surface area contributed by atoms with E-state index in [0.29, 0.717) is 43.4 Å². The molecule has 11 nitrogen and oxygen atoms in total. The lowest BCUT2D eigenvalue weighted by Gasteiger charge is -2.34. The summed E-state index contributed by atoms with van der Waals surface area (Å²) >= 11 is 0. The minimum atomic E-state index is -4.11. The number of sulfonamides is 1. The Hall–Kier alpha value is -3.50. The van der Waals surface area contributed by atoms with Crippen LogP contribution < -0.4 is 25.6 Å². The van der Waals surface area contributed by atoms with Crippen LogP contribution in [0.2, 0.25) is 0 Å². The number of nitrogens with zero attached hydrogens (tertiary/aromatic N) is 2. The second-order valence-electron chi connectivity index (χ2n) is 8.66. The van der Waals surface area contributed by atoms with Gasteiger partial charge in [-0.05, 0) is 68.1 Å². The van der Waals surface area contributed by atoms with Gasteiger partial charge in [-0.2, -0.15) is 15.0 Å². The molecule has 12 heteroatoms. The van der Waals surface area contributed by atoms with Crippen molar-refractivity contribution in [1.29, 1.82) is 5.26 Å². The van der Waals surface area contributed by atoms with Crippen molar-refractivity contribution in [2.24, 2.45) is 16.8 Å². The van der Waals surface area contributed by atoms with Gasteiger partial charge in [-0.1, -0.05) is 25.1 Å². The first-order valence-electron chi connectivity index (χ1n) is 12.1. The summed E-state index contributed by atoms with van der Waals surface area (Å²) in [7, 11) is -4.11. The van der Waals surface area contributed by atoms with Crippen LogP contribution in [0, 0.1) is 23.3 Å². The third-order valence-corrected chi connectivity index (χ3v) is 7.57. The number of nitriles is 1. The fourth-order valence-corrected chi connectivity index (χ4v) is 5.44. The summed E-state index contributed by atoms with van der Waals surface area (Å²) in [4.78, 5) is 16.4. The smallest absolute Gasteiger partial charge is 0.261 e. The maximum Gasteiger partial charge on any atom is 0.261 e. The lowest BCUT2D eigenvalue weighted by molar-refractivity contribution is -0.131. The van der Waals surface area contributed by atoms with Crippen LogP contribution in [0.25, 0.3) is 0 Å². The molecular formula is C25H32N6O5S. The number of aliphatic imine (C=N–C) groups is 1. The number of para-hydroxylation sites is 1. The summed E-state index contributed by atoms with van der Waals surface area (Å²) in [5.74, 6) is 0.292. The fraction of sp³-hybridized carbons (Fsp3) is 0.400. The standard InChI is InChI=1S/C25H32N6O5S/c1-2-13-28-24(29-17-26)22-16-27-14-12-18(22)15-23(25(32)30-33)31-37(34,35)21-10-8-20(9-11-21)36-19-6-4-3-5-7-19/h3-11,18,22-23,27,31,33H,2,12-16H2,1H3,(H,28,29)(H,30,32)/t18?,22?,23-/m0/s1. The van der Waals surface area contributed by atoms with E-state index in [1.54, 1.807) is 17.6 Å². The van der Waals surface area contributed by atoms with E-state index >= 15 is 0 Å². The highest BCUT2D eigenvalue weighted by atomic mass is 32.2. The molecule has 1 fully saturated rings. The van der Waals surface area contributed by atoms with E-state index in [2.05, 4.69) is 20.3 Å². The predicted octanol–water partition coefficient (Wildman–Crippen LogP) is 2.13. The van der Waals surface area contributed by atoms with Gasteiger partial charge in [0.15, 0.2) is 0 Å². The van der Waals surface area contributed by atoms with Gasteiger partial charge in [0.05, 0.1) is 4.90 Å². The molecule has 0 radical (unpaired) electrons. The molecule has 3 atom stereocenters. The number of carbonyl (C=O) groups is 1. The Balaban J connectivity index is 1.76. The average molecular weight is 529 g/mol. The largest absolute Gasteiger partial charge is 0.457 e. The Morgan fingerprint density at radius 3 is 2.57 bits per heavy atom. The number of benzene rings is 2. The van der Waals surface area contributed by atoms with Crippen LogP contribution in [0.3, 0.4) is 0 Å². The molecule has 1 heterocycles. The van der Waals surface area contributed by atoms with Gasteiger partial charge in [-0.3, -0.25) is 10.0 Å². The maximum absolute atomic E-state index is 13.1. The summed E-state index contributed by atoms with van der Waals surface area (Å²) in [6, 6.07) is 13.6. The number of carbonyl (C=O) groups excluding carboxylic acids is 1. The van der Waals surface area contributed by atoms with Gasteiger partial charge in [0, 0.05) is 19.0 Å². The summed E-state index contributed by atoms with van der Waals surface area (Å²) in [5.41, 5.74) is 1.57. The number of ether oxygens (including phenoxy) is 1. The first kappa shape index (κ1) is 28.1. The molecule has 1 aliphatic heterocycles. The molecule has 1 amide bonds. The minimum absolute atomic E-state index is 0.0538. The van der Waals surface area contributed by atoms with E-state index in [1.807, 2.05) is 31.3 Å². The molecule has 0 aromatic heterocycles. The fourth-order valence-electron chi connectivity index (χ4n) is 4.23. The number of amidine groups is 1. The van der Waals surface area contributed by atoms with Crippen molar-refractivity contribution in [3.8, 4) is 17.7 Å². The van der Waals surface area contributed by atoms with Crippen molar-refractivity contribution in [1.82, 2.24) is 20.8 Å². The van der Waals surface area contributed by atoms with Gasteiger partial charge in [0.1, 0.15) is 23.4 Å². The second-order valence-corrected chi connectivity index (χ2v) is 10.4. The number of hydrogen-bond acceptors (Lipinski definition) is 8. The molecule has 0 spiro atoms. The van der Waals surface area contributed by atoms with Crippen LogP contribution >= 0.6 is 0 Å². The molecule has 2 aromatic rings. The summed E-state index contributed by atoms with van der Waals surface area (Å²) in [5, 5.41) is 24.9. The van der Waals surface area contributed by atoms with Gasteiger partial charge in [-0.15, -0.1) is 0 Å². The normalized spacial score (nSPS) is 18.9. The Kier molecular flexibility index (Phi) is 10.4. The van der Waals surface area contributed by atoms with E-state index in [0.717, 1.165) is 6.42 Å². The number of hydrogen-bond donors (Lipinski definition) is 5. The van der Waals surface area contributed by atoms with Gasteiger partial charge >= 0.3 is 0 Å². The van der Waals surface area contributed by atoms with Gasteiger partial charge in [-0.25, -0.2) is 13.9 Å². The zero-order valence-electron chi connectivity index (χ0n) is 20.6. The van der Waals surface area contributed by atoms with Crippen molar-refractivity contribution in [3.05, 3.63) is 54.6 Å². The molecule has 2 aromatic carbocycles. The van der Waals surface area contributed by atoms with E-state index in [1.165, 1.54) is 24.3 Å². The lowest BCUT2D eigenvalue weighted by atomic mass is 9.81. The SMILES string of the molecule is CCCN/C(=N\C#N)C1CNCCC1C[C@H](NS(=O)(=O)c1ccc(Oc2ccccc2)cc1)C(=O)NO. The zero-order valence-corrected chi connectivity index (χ0v) is 21.4. The van der Waals surface area contributed by atoms with Crippen molar-refractivity contribution < 1.29 is 23.2 Å². The number of hydroxylamine groups is 1. The van der Waals surface area contributed by atoms with Crippen LogP contribution in [0.5, 0.6) is 11.5 Å². The van der Waals surface area contributed by atoms with Crippen molar-refractivity contribution in [2.45, 2.75) is 37.1 Å². The van der Waals surface area contributed by atoms with E-state index in [9.17, 15) is 18.4 Å². The number of rotatable bonds is 11. The molecule has 2 unspecified atom stereocenters. The number of amides is 1. The monoisotopic (exact) mass is 528 g/mol. The third kappa shape index (κ3) is 7.99. The minimum Gasteiger partial charge on any atom is -0.457 e. The number of piperidine rings is 1. The Bertz CT molecular complexity index is 1200. The van der Waals surface area contributed by atoms with E-state index in [4.69, 9.17) is 10.00 Å². The zero-order chi connectivity index (χ0) is 26.7. The van der Waals surface area contributed by atoms with Gasteiger partial charge < -0.3 is 15.4 Å². The molecule has 0 aliphatic carbocycles. The molecule has 37 heavy (non-hydrogen) atoms. The van der Waals surface area contributed by atoms with Crippen LogP contribution in [-0.2, 0) is 14.8 Å². The average Bonchev–Trinajstić information content (AvgIpc) is 2.91. The highest BCUT2D eigenvalue weighted by Gasteiger charge is 2.35. The summed E-state index contributed by atoms with van der Waals surface area (Å²) < 4.78 is 34.4. The van der Waals surface area contributed by atoms with Crippen molar-refractivity contribution in [3.63, 3.8) is 0 Å².